The van der Waals surface area contributed by atoms with Crippen molar-refractivity contribution < 1.29 is 14.3 Å². The largest absolute Gasteiger partial charge is 0.461 e. The molecule has 16 heavy (non-hydrogen) atoms. The predicted octanol–water partition coefficient (Wildman–Crippen LogP) is 1.49. The zero-order valence-corrected chi connectivity index (χ0v) is 10.3. The van der Waals surface area contributed by atoms with E-state index in [1.165, 1.54) is 0 Å². The Morgan fingerprint density at radius 1 is 1.38 bits per heavy atom. The van der Waals surface area contributed by atoms with Gasteiger partial charge in [0.15, 0.2) is 0 Å². The first kappa shape index (κ1) is 13.5. The Labute approximate surface area is 97.7 Å². The van der Waals surface area contributed by atoms with Crippen LogP contribution in [0, 0.1) is 0 Å². The van der Waals surface area contributed by atoms with Crippen LogP contribution in [0.1, 0.15) is 39.0 Å². The van der Waals surface area contributed by atoms with Crippen LogP contribution in [-0.4, -0.2) is 38.4 Å². The van der Waals surface area contributed by atoms with Crippen LogP contribution >= 0.6 is 0 Å². The van der Waals surface area contributed by atoms with Crippen LogP contribution in [0.25, 0.3) is 0 Å². The quantitative estimate of drug-likeness (QED) is 0.553. The summed E-state index contributed by atoms with van der Waals surface area (Å²) in [7, 11) is 1.72. The minimum absolute atomic E-state index is 0.0506. The number of rotatable bonds is 6. The minimum atomic E-state index is -0.143. The van der Waals surface area contributed by atoms with Gasteiger partial charge in [-0.25, -0.2) is 0 Å². The fourth-order valence-electron chi connectivity index (χ4n) is 2.02. The molecule has 0 aromatic carbocycles. The number of esters is 1. The molecular formula is C12H23NO3. The fourth-order valence-corrected chi connectivity index (χ4v) is 2.02. The smallest absolute Gasteiger partial charge is 0.320 e. The summed E-state index contributed by atoms with van der Waals surface area (Å²) in [5.41, 5.74) is 0. The molecule has 4 heteroatoms. The molecule has 94 valence electrons. The van der Waals surface area contributed by atoms with Crippen LogP contribution in [0.4, 0.5) is 0 Å². The Morgan fingerprint density at radius 3 is 2.81 bits per heavy atom. The van der Waals surface area contributed by atoms with Gasteiger partial charge in [0.2, 0.25) is 0 Å². The summed E-state index contributed by atoms with van der Waals surface area (Å²) >= 11 is 0. The number of methoxy groups -OCH3 is 1. The molecule has 0 heterocycles. The summed E-state index contributed by atoms with van der Waals surface area (Å²) in [4.78, 5) is 11.5. The number of hydrogen-bond acceptors (Lipinski definition) is 4. The highest BCUT2D eigenvalue weighted by Crippen LogP contribution is 2.22. The maximum Gasteiger partial charge on any atom is 0.320 e. The Balaban J connectivity index is 2.17. The lowest BCUT2D eigenvalue weighted by atomic mass is 9.95. The monoisotopic (exact) mass is 229 g/mol. The van der Waals surface area contributed by atoms with E-state index >= 15 is 0 Å². The van der Waals surface area contributed by atoms with Crippen molar-refractivity contribution >= 4 is 5.97 Å². The van der Waals surface area contributed by atoms with Crippen molar-refractivity contribution in [3.05, 3.63) is 0 Å². The maximum absolute atomic E-state index is 11.5. The van der Waals surface area contributed by atoms with Crippen molar-refractivity contribution in [2.24, 2.45) is 0 Å². The van der Waals surface area contributed by atoms with E-state index in [1.807, 2.05) is 0 Å². The molecule has 0 saturated heterocycles. The van der Waals surface area contributed by atoms with Gasteiger partial charge in [-0.05, 0) is 32.2 Å². The molecule has 0 amide bonds. The van der Waals surface area contributed by atoms with Gasteiger partial charge in [-0.3, -0.25) is 4.79 Å². The molecule has 2 atom stereocenters. The molecule has 0 bridgehead atoms. The second-order valence-electron chi connectivity index (χ2n) is 4.31. The molecule has 0 aliphatic heterocycles. The van der Waals surface area contributed by atoms with Gasteiger partial charge in [0.25, 0.3) is 0 Å². The topological polar surface area (TPSA) is 47.6 Å². The number of ether oxygens (including phenoxy) is 2. The van der Waals surface area contributed by atoms with Gasteiger partial charge in [-0.1, -0.05) is 6.92 Å². The van der Waals surface area contributed by atoms with E-state index in [0.717, 1.165) is 38.6 Å². The number of carbonyl (C=O) groups excluding carboxylic acids is 1. The second-order valence-corrected chi connectivity index (χ2v) is 4.31. The summed E-state index contributed by atoms with van der Waals surface area (Å²) < 4.78 is 10.7. The second kappa shape index (κ2) is 7.63. The number of carbonyl (C=O) groups is 1. The lowest BCUT2D eigenvalue weighted by molar-refractivity contribution is -0.151. The van der Waals surface area contributed by atoms with E-state index in [1.54, 1.807) is 7.11 Å². The lowest BCUT2D eigenvalue weighted by Crippen LogP contribution is -2.33. The first-order chi connectivity index (χ1) is 7.76. The third-order valence-corrected chi connectivity index (χ3v) is 2.91. The zero-order chi connectivity index (χ0) is 11.8. The van der Waals surface area contributed by atoms with E-state index in [9.17, 15) is 4.79 Å². The molecule has 1 aliphatic rings. The first-order valence-corrected chi connectivity index (χ1v) is 6.19. The third-order valence-electron chi connectivity index (χ3n) is 2.91. The average molecular weight is 229 g/mol. The Hall–Kier alpha value is -0.610. The predicted molar refractivity (Wildman–Crippen MR) is 62.3 cm³/mol. The van der Waals surface area contributed by atoms with Gasteiger partial charge >= 0.3 is 5.97 Å². The van der Waals surface area contributed by atoms with Crippen molar-refractivity contribution in [1.82, 2.24) is 5.32 Å². The Morgan fingerprint density at radius 2 is 2.12 bits per heavy atom. The van der Waals surface area contributed by atoms with Gasteiger partial charge in [0.05, 0.1) is 12.6 Å². The molecule has 0 spiro atoms. The van der Waals surface area contributed by atoms with E-state index in [2.05, 4.69) is 12.2 Å². The summed E-state index contributed by atoms with van der Waals surface area (Å²) in [6.45, 7) is 3.26. The normalized spacial score (nSPS) is 25.4. The van der Waals surface area contributed by atoms with Crippen LogP contribution in [0.3, 0.4) is 0 Å². The van der Waals surface area contributed by atoms with Crippen LogP contribution in [-0.2, 0) is 14.3 Å². The number of hydrogen-bond donors (Lipinski definition) is 1. The first-order valence-electron chi connectivity index (χ1n) is 6.19. The zero-order valence-electron chi connectivity index (χ0n) is 10.3. The highest BCUT2D eigenvalue weighted by atomic mass is 16.5. The molecule has 0 aromatic heterocycles. The van der Waals surface area contributed by atoms with Crippen molar-refractivity contribution in [2.75, 3.05) is 20.2 Å². The van der Waals surface area contributed by atoms with Crippen LogP contribution < -0.4 is 5.32 Å². The fraction of sp³-hybridized carbons (Fsp3) is 0.917. The van der Waals surface area contributed by atoms with Crippen molar-refractivity contribution in [2.45, 2.75) is 51.2 Å². The van der Waals surface area contributed by atoms with Crippen LogP contribution in [0.5, 0.6) is 0 Å². The van der Waals surface area contributed by atoms with Crippen LogP contribution in [0.2, 0.25) is 0 Å². The molecule has 4 nitrogen and oxygen atoms in total. The van der Waals surface area contributed by atoms with Gasteiger partial charge in [-0.15, -0.1) is 0 Å². The molecule has 1 rings (SSSR count). The molecule has 2 unspecified atom stereocenters. The molecule has 1 N–H and O–H groups in total. The summed E-state index contributed by atoms with van der Waals surface area (Å²) in [5.74, 6) is -0.143. The molecule has 1 saturated carbocycles. The highest BCUT2D eigenvalue weighted by molar-refractivity contribution is 5.71. The summed E-state index contributed by atoms with van der Waals surface area (Å²) in [6.07, 6.45) is 5.32. The molecule has 1 aliphatic carbocycles. The maximum atomic E-state index is 11.5. The summed E-state index contributed by atoms with van der Waals surface area (Å²) in [5, 5.41) is 3.04. The van der Waals surface area contributed by atoms with Gasteiger partial charge in [-0.2, -0.15) is 0 Å². The molecule has 0 radical (unpaired) electrons. The van der Waals surface area contributed by atoms with E-state index < -0.39 is 0 Å². The van der Waals surface area contributed by atoms with Crippen molar-refractivity contribution in [3.63, 3.8) is 0 Å². The number of nitrogens with one attached hydrogen (secondary N) is 1. The standard InChI is InChI=1S/C12H23NO3/c1-3-7-13-9-12(14)16-11-6-4-5-10(8-11)15-2/h10-11,13H,3-9H2,1-2H3. The molecule has 1 fully saturated rings. The Bertz CT molecular complexity index is 208. The van der Waals surface area contributed by atoms with Crippen molar-refractivity contribution in [3.8, 4) is 0 Å². The van der Waals surface area contributed by atoms with E-state index in [4.69, 9.17) is 9.47 Å². The lowest BCUT2D eigenvalue weighted by Gasteiger charge is -2.27. The van der Waals surface area contributed by atoms with Gasteiger partial charge in [0, 0.05) is 13.5 Å². The average Bonchev–Trinajstić information content (AvgIpc) is 2.29. The van der Waals surface area contributed by atoms with Crippen LogP contribution in [0.15, 0.2) is 0 Å². The molecular weight excluding hydrogens is 206 g/mol. The van der Waals surface area contributed by atoms with Gasteiger partial charge < -0.3 is 14.8 Å². The Kier molecular flexibility index (Phi) is 6.42. The van der Waals surface area contributed by atoms with Crippen molar-refractivity contribution in [1.29, 1.82) is 0 Å². The minimum Gasteiger partial charge on any atom is -0.461 e. The van der Waals surface area contributed by atoms with Gasteiger partial charge in [0.1, 0.15) is 6.10 Å². The van der Waals surface area contributed by atoms with E-state index in [0.29, 0.717) is 6.54 Å². The summed E-state index contributed by atoms with van der Waals surface area (Å²) in [6, 6.07) is 0. The van der Waals surface area contributed by atoms with E-state index in [-0.39, 0.29) is 18.2 Å². The SMILES string of the molecule is CCCNCC(=O)OC1CCCC(OC)C1. The highest BCUT2D eigenvalue weighted by Gasteiger charge is 2.24. The molecule has 0 aromatic rings. The third kappa shape index (κ3) is 4.94.